The van der Waals surface area contributed by atoms with Gasteiger partial charge < -0.3 is 19.5 Å². The largest absolute Gasteiger partial charge is 0.497 e. The molecule has 146 valence electrons. The quantitative estimate of drug-likeness (QED) is 0.338. The Morgan fingerprint density at radius 3 is 2.25 bits per heavy atom. The fourth-order valence-corrected chi connectivity index (χ4v) is 2.12. The number of hydrazone groups is 1. The summed E-state index contributed by atoms with van der Waals surface area (Å²) >= 11 is 0. The molecule has 0 atom stereocenters. The molecule has 0 radical (unpaired) electrons. The van der Waals surface area contributed by atoms with Crippen LogP contribution in [0.25, 0.3) is 0 Å². The van der Waals surface area contributed by atoms with Gasteiger partial charge in [-0.15, -0.1) is 0 Å². The maximum atomic E-state index is 12.0. The molecule has 9 nitrogen and oxygen atoms in total. The number of hydrogen-bond acceptors (Lipinski definition) is 7. The average molecular weight is 385 g/mol. The Balaban J connectivity index is 1.94. The van der Waals surface area contributed by atoms with Crippen LogP contribution in [0.5, 0.6) is 11.5 Å². The fraction of sp³-hybridized carbons (Fsp3) is 0.158. The summed E-state index contributed by atoms with van der Waals surface area (Å²) in [7, 11) is 4.22. The first-order valence-electron chi connectivity index (χ1n) is 8.03. The Bertz CT molecular complexity index is 893. The van der Waals surface area contributed by atoms with Crippen molar-refractivity contribution in [3.05, 3.63) is 53.6 Å². The number of amides is 2. The third kappa shape index (κ3) is 5.31. The van der Waals surface area contributed by atoms with Gasteiger partial charge in [-0.3, -0.25) is 9.59 Å². The van der Waals surface area contributed by atoms with E-state index in [0.717, 1.165) is 0 Å². The van der Waals surface area contributed by atoms with E-state index in [0.29, 0.717) is 28.3 Å². The van der Waals surface area contributed by atoms with Crippen molar-refractivity contribution in [1.29, 1.82) is 0 Å². The van der Waals surface area contributed by atoms with Crippen LogP contribution >= 0.6 is 0 Å². The van der Waals surface area contributed by atoms with E-state index in [2.05, 4.69) is 20.6 Å². The predicted molar refractivity (Wildman–Crippen MR) is 102 cm³/mol. The van der Waals surface area contributed by atoms with E-state index in [1.54, 1.807) is 42.5 Å². The molecular weight excluding hydrogens is 366 g/mol. The Hall–Kier alpha value is -3.88. The van der Waals surface area contributed by atoms with Crippen LogP contribution in [0, 0.1) is 0 Å². The van der Waals surface area contributed by atoms with Gasteiger partial charge in [0, 0.05) is 6.07 Å². The van der Waals surface area contributed by atoms with Gasteiger partial charge in [0.05, 0.1) is 38.8 Å². The van der Waals surface area contributed by atoms with Crippen molar-refractivity contribution >= 4 is 29.7 Å². The summed E-state index contributed by atoms with van der Waals surface area (Å²) in [5.41, 5.74) is 3.43. The van der Waals surface area contributed by atoms with Crippen LogP contribution in [0.15, 0.2) is 47.6 Å². The Morgan fingerprint density at radius 1 is 0.929 bits per heavy atom. The minimum atomic E-state index is -0.958. The smallest absolute Gasteiger partial charge is 0.337 e. The summed E-state index contributed by atoms with van der Waals surface area (Å²) < 4.78 is 14.8. The average Bonchev–Trinajstić information content (AvgIpc) is 2.73. The lowest BCUT2D eigenvalue weighted by Gasteiger charge is -2.10. The fourth-order valence-electron chi connectivity index (χ4n) is 2.12. The van der Waals surface area contributed by atoms with Crippen molar-refractivity contribution in [3.8, 4) is 11.5 Å². The number of hydrogen-bond donors (Lipinski definition) is 2. The molecular formula is C19H19N3O6. The number of benzene rings is 2. The van der Waals surface area contributed by atoms with Gasteiger partial charge >= 0.3 is 17.8 Å². The number of carbonyl (C=O) groups excluding carboxylic acids is 3. The second-order valence-electron chi connectivity index (χ2n) is 5.33. The highest BCUT2D eigenvalue weighted by molar-refractivity contribution is 6.39. The zero-order chi connectivity index (χ0) is 20.5. The highest BCUT2D eigenvalue weighted by Crippen LogP contribution is 2.28. The molecule has 0 saturated carbocycles. The second kappa shape index (κ2) is 9.72. The summed E-state index contributed by atoms with van der Waals surface area (Å²) in [6, 6.07) is 11.1. The van der Waals surface area contributed by atoms with E-state index in [1.807, 2.05) is 0 Å². The molecule has 0 saturated heterocycles. The van der Waals surface area contributed by atoms with Gasteiger partial charge in [0.25, 0.3) is 0 Å². The molecule has 2 N–H and O–H groups in total. The number of nitrogens with one attached hydrogen (secondary N) is 2. The van der Waals surface area contributed by atoms with Crippen molar-refractivity contribution in [2.75, 3.05) is 26.6 Å². The van der Waals surface area contributed by atoms with E-state index in [9.17, 15) is 14.4 Å². The van der Waals surface area contributed by atoms with Crippen molar-refractivity contribution in [3.63, 3.8) is 0 Å². The third-order valence-electron chi connectivity index (χ3n) is 3.57. The van der Waals surface area contributed by atoms with Gasteiger partial charge in [0.1, 0.15) is 11.5 Å². The van der Waals surface area contributed by atoms with E-state index >= 15 is 0 Å². The minimum Gasteiger partial charge on any atom is -0.497 e. The highest BCUT2D eigenvalue weighted by atomic mass is 16.5. The molecule has 2 rings (SSSR count). The van der Waals surface area contributed by atoms with Crippen molar-refractivity contribution in [1.82, 2.24) is 5.43 Å². The molecule has 0 spiro atoms. The van der Waals surface area contributed by atoms with E-state index in [4.69, 9.17) is 9.47 Å². The molecule has 0 fully saturated rings. The third-order valence-corrected chi connectivity index (χ3v) is 3.57. The van der Waals surface area contributed by atoms with Crippen molar-refractivity contribution in [2.45, 2.75) is 0 Å². The Morgan fingerprint density at radius 2 is 1.64 bits per heavy atom. The van der Waals surface area contributed by atoms with Gasteiger partial charge in [-0.05, 0) is 29.8 Å². The molecule has 28 heavy (non-hydrogen) atoms. The number of esters is 1. The lowest BCUT2D eigenvalue weighted by Crippen LogP contribution is -2.32. The topological polar surface area (TPSA) is 115 Å². The van der Waals surface area contributed by atoms with Crippen LogP contribution in [-0.2, 0) is 14.3 Å². The molecule has 0 aliphatic heterocycles. The molecule has 0 heterocycles. The zero-order valence-corrected chi connectivity index (χ0v) is 15.5. The second-order valence-corrected chi connectivity index (χ2v) is 5.33. The monoisotopic (exact) mass is 385 g/mol. The normalized spacial score (nSPS) is 10.2. The van der Waals surface area contributed by atoms with Gasteiger partial charge in [0.15, 0.2) is 0 Å². The van der Waals surface area contributed by atoms with Gasteiger partial charge in [-0.1, -0.05) is 12.1 Å². The molecule has 0 unspecified atom stereocenters. The molecule has 2 aromatic carbocycles. The Labute approximate surface area is 161 Å². The molecule has 0 aliphatic carbocycles. The Kier molecular flexibility index (Phi) is 7.09. The molecule has 9 heteroatoms. The highest BCUT2D eigenvalue weighted by Gasteiger charge is 2.15. The standard InChI is InChI=1S/C19H19N3O6/c1-26-14-8-9-15(16(10-14)27-2)21-17(23)18(24)22-20-11-12-4-6-13(7-5-12)19(25)28-3/h4-11H,1-3H3,(H,21,23)(H,22,24)/b20-11-. The first-order chi connectivity index (χ1) is 13.5. The van der Waals surface area contributed by atoms with Crippen LogP contribution in [-0.4, -0.2) is 45.3 Å². The van der Waals surface area contributed by atoms with E-state index in [1.165, 1.54) is 27.5 Å². The predicted octanol–water partition coefficient (Wildman–Crippen LogP) is 1.58. The SMILES string of the molecule is COC(=O)c1ccc(/C=N\NC(=O)C(=O)Nc2ccc(OC)cc2OC)cc1. The molecule has 0 aromatic heterocycles. The van der Waals surface area contributed by atoms with Crippen LogP contribution in [0.3, 0.4) is 0 Å². The molecule has 0 aliphatic rings. The lowest BCUT2D eigenvalue weighted by molar-refractivity contribution is -0.136. The van der Waals surface area contributed by atoms with Crippen LogP contribution in [0.2, 0.25) is 0 Å². The van der Waals surface area contributed by atoms with Crippen LogP contribution < -0.4 is 20.2 Å². The maximum absolute atomic E-state index is 12.0. The molecule has 2 amide bonds. The molecule has 2 aromatic rings. The van der Waals surface area contributed by atoms with Gasteiger partial charge in [0.2, 0.25) is 0 Å². The summed E-state index contributed by atoms with van der Waals surface area (Å²) in [4.78, 5) is 35.2. The van der Waals surface area contributed by atoms with Crippen LogP contribution in [0.1, 0.15) is 15.9 Å². The summed E-state index contributed by atoms with van der Waals surface area (Å²) in [5.74, 6) is -1.44. The van der Waals surface area contributed by atoms with Gasteiger partial charge in [-0.25, -0.2) is 10.2 Å². The van der Waals surface area contributed by atoms with E-state index < -0.39 is 17.8 Å². The minimum absolute atomic E-state index is 0.311. The number of carbonyl (C=O) groups is 3. The number of ether oxygens (including phenoxy) is 3. The summed E-state index contributed by atoms with van der Waals surface area (Å²) in [6.45, 7) is 0. The maximum Gasteiger partial charge on any atom is 0.337 e. The van der Waals surface area contributed by atoms with Gasteiger partial charge in [-0.2, -0.15) is 5.10 Å². The van der Waals surface area contributed by atoms with Crippen LogP contribution in [0.4, 0.5) is 5.69 Å². The van der Waals surface area contributed by atoms with Crippen molar-refractivity contribution < 1.29 is 28.6 Å². The van der Waals surface area contributed by atoms with Crippen molar-refractivity contribution in [2.24, 2.45) is 5.10 Å². The first-order valence-corrected chi connectivity index (χ1v) is 8.03. The van der Waals surface area contributed by atoms with E-state index in [-0.39, 0.29) is 0 Å². The number of rotatable bonds is 6. The number of methoxy groups -OCH3 is 3. The number of nitrogens with zero attached hydrogens (tertiary/aromatic N) is 1. The number of anilines is 1. The lowest BCUT2D eigenvalue weighted by atomic mass is 10.1. The summed E-state index contributed by atoms with van der Waals surface area (Å²) in [6.07, 6.45) is 1.33. The summed E-state index contributed by atoms with van der Waals surface area (Å²) in [5, 5.41) is 6.15. The molecule has 0 bridgehead atoms. The first kappa shape index (κ1) is 20.4. The zero-order valence-electron chi connectivity index (χ0n) is 15.5.